The first-order chi connectivity index (χ1) is 13.0. The number of aryl methyl sites for hydroxylation is 1. The van der Waals surface area contributed by atoms with Crippen LogP contribution in [0.4, 0.5) is 4.39 Å². The van der Waals surface area contributed by atoms with Crippen molar-refractivity contribution in [2.75, 3.05) is 6.54 Å². The van der Waals surface area contributed by atoms with Gasteiger partial charge in [0.2, 0.25) is 15.9 Å². The van der Waals surface area contributed by atoms with Crippen molar-refractivity contribution >= 4 is 21.4 Å². The maximum Gasteiger partial charge on any atom is 0.259 e. The van der Waals surface area contributed by atoms with Crippen LogP contribution in [0.2, 0.25) is 0 Å². The molecule has 1 fully saturated rings. The van der Waals surface area contributed by atoms with E-state index in [1.807, 2.05) is 6.92 Å². The summed E-state index contributed by atoms with van der Waals surface area (Å²) in [6, 6.07) is 4.46. The van der Waals surface area contributed by atoms with Gasteiger partial charge in [-0.2, -0.15) is 4.31 Å². The molecule has 2 aromatic heterocycles. The van der Waals surface area contributed by atoms with Crippen molar-refractivity contribution in [3.63, 3.8) is 0 Å². The second-order valence-electron chi connectivity index (χ2n) is 6.30. The molecule has 4 rings (SSSR count). The lowest BCUT2D eigenvalue weighted by Crippen LogP contribution is -2.38. The van der Waals surface area contributed by atoms with Gasteiger partial charge in [-0.15, -0.1) is 21.5 Å². The molecule has 1 aliphatic rings. The molecule has 1 atom stereocenters. The molecule has 1 aliphatic heterocycles. The van der Waals surface area contributed by atoms with Gasteiger partial charge in [-0.25, -0.2) is 17.8 Å². The molecular formula is C17H17FN4O3S2. The minimum Gasteiger partial charge on any atom is -0.418 e. The Morgan fingerprint density at radius 2 is 2.15 bits per heavy atom. The highest BCUT2D eigenvalue weighted by atomic mass is 32.2. The average molecular weight is 408 g/mol. The molecule has 0 unspecified atom stereocenters. The normalized spacial score (nSPS) is 18.7. The predicted molar refractivity (Wildman–Crippen MR) is 97.0 cm³/mol. The van der Waals surface area contributed by atoms with Crippen LogP contribution >= 0.6 is 11.3 Å². The summed E-state index contributed by atoms with van der Waals surface area (Å²) in [7, 11) is -3.88. The molecule has 27 heavy (non-hydrogen) atoms. The number of thiazole rings is 1. The smallest absolute Gasteiger partial charge is 0.259 e. The molecule has 0 amide bonds. The predicted octanol–water partition coefficient (Wildman–Crippen LogP) is 3.56. The van der Waals surface area contributed by atoms with Gasteiger partial charge in [-0.3, -0.25) is 0 Å². The van der Waals surface area contributed by atoms with Crippen LogP contribution in [0.15, 0.2) is 39.1 Å². The molecular weight excluding hydrogens is 391 g/mol. The third-order valence-corrected chi connectivity index (χ3v) is 7.34. The molecule has 142 valence electrons. The van der Waals surface area contributed by atoms with Gasteiger partial charge in [0, 0.05) is 6.54 Å². The maximum absolute atomic E-state index is 13.6. The third-order valence-electron chi connectivity index (χ3n) is 4.52. The highest BCUT2D eigenvalue weighted by molar-refractivity contribution is 7.89. The summed E-state index contributed by atoms with van der Waals surface area (Å²) >= 11 is 1.39. The van der Waals surface area contributed by atoms with Crippen LogP contribution in [-0.2, 0) is 10.0 Å². The Bertz CT molecular complexity index is 1060. The van der Waals surface area contributed by atoms with E-state index in [9.17, 15) is 12.8 Å². The van der Waals surface area contributed by atoms with Crippen molar-refractivity contribution < 1.29 is 17.2 Å². The second-order valence-corrected chi connectivity index (χ2v) is 9.04. The largest absolute Gasteiger partial charge is 0.418 e. The van der Waals surface area contributed by atoms with Crippen LogP contribution in [-0.4, -0.2) is 34.4 Å². The lowest BCUT2D eigenvalue weighted by Gasteiger charge is -2.32. The monoisotopic (exact) mass is 408 g/mol. The fourth-order valence-corrected chi connectivity index (χ4v) is 5.58. The lowest BCUT2D eigenvalue weighted by atomic mass is 10.1. The minimum absolute atomic E-state index is 0.0764. The molecule has 10 heteroatoms. The topological polar surface area (TPSA) is 89.2 Å². The first-order valence-electron chi connectivity index (χ1n) is 8.48. The zero-order valence-corrected chi connectivity index (χ0v) is 16.1. The summed E-state index contributed by atoms with van der Waals surface area (Å²) in [5.41, 5.74) is 2.47. The molecule has 3 heterocycles. The number of aromatic nitrogens is 3. The molecule has 0 spiro atoms. The SMILES string of the molecule is Cc1ncsc1-c1nnc([C@@H]2CCCCN2S(=O)(=O)c2cccc(F)c2)o1. The van der Waals surface area contributed by atoms with Gasteiger partial charge in [-0.05, 0) is 38.0 Å². The summed E-state index contributed by atoms with van der Waals surface area (Å²) in [5, 5.41) is 8.16. The molecule has 0 radical (unpaired) electrons. The van der Waals surface area contributed by atoms with Gasteiger partial charge < -0.3 is 4.42 Å². The number of rotatable bonds is 4. The molecule has 0 bridgehead atoms. The molecule has 0 N–H and O–H groups in total. The van der Waals surface area contributed by atoms with Crippen molar-refractivity contribution in [1.82, 2.24) is 19.5 Å². The average Bonchev–Trinajstić information content (AvgIpc) is 3.30. The Morgan fingerprint density at radius 3 is 2.89 bits per heavy atom. The van der Waals surface area contributed by atoms with Gasteiger partial charge in [0.05, 0.1) is 16.1 Å². The summed E-state index contributed by atoms with van der Waals surface area (Å²) < 4.78 is 46.8. The van der Waals surface area contributed by atoms with Gasteiger partial charge in [0.1, 0.15) is 16.7 Å². The van der Waals surface area contributed by atoms with E-state index in [1.165, 1.54) is 33.8 Å². The number of hydrogen-bond donors (Lipinski definition) is 0. The number of hydrogen-bond acceptors (Lipinski definition) is 7. The fraction of sp³-hybridized carbons (Fsp3) is 0.353. The number of halogens is 1. The minimum atomic E-state index is -3.88. The fourth-order valence-electron chi connectivity index (χ4n) is 3.17. The molecule has 0 aliphatic carbocycles. The molecule has 3 aromatic rings. The van der Waals surface area contributed by atoms with Crippen molar-refractivity contribution in [2.24, 2.45) is 0 Å². The number of piperidine rings is 1. The van der Waals surface area contributed by atoms with Crippen LogP contribution in [0, 0.1) is 12.7 Å². The quantitative estimate of drug-likeness (QED) is 0.656. The molecule has 0 saturated carbocycles. The van der Waals surface area contributed by atoms with Crippen LogP contribution in [0.5, 0.6) is 0 Å². The highest BCUT2D eigenvalue weighted by Crippen LogP contribution is 2.36. The van der Waals surface area contributed by atoms with Gasteiger partial charge in [-0.1, -0.05) is 12.5 Å². The Labute approximate surface area is 159 Å². The van der Waals surface area contributed by atoms with Crippen LogP contribution in [0.25, 0.3) is 10.8 Å². The number of benzene rings is 1. The van der Waals surface area contributed by atoms with Crippen LogP contribution in [0.1, 0.15) is 36.9 Å². The highest BCUT2D eigenvalue weighted by Gasteiger charge is 2.37. The standard InChI is InChI=1S/C17H17FN4O3S2/c1-11-15(26-10-19-11)17-21-20-16(25-17)14-7-2-3-8-22(14)27(23,24)13-6-4-5-12(18)9-13/h4-6,9-10,14H,2-3,7-8H2,1H3/t14-/m0/s1. The van der Waals surface area contributed by atoms with E-state index >= 15 is 0 Å². The van der Waals surface area contributed by atoms with Crippen LogP contribution in [0.3, 0.4) is 0 Å². The van der Waals surface area contributed by atoms with Gasteiger partial charge in [0.25, 0.3) is 5.89 Å². The van der Waals surface area contributed by atoms with Crippen molar-refractivity contribution in [2.45, 2.75) is 37.1 Å². The van der Waals surface area contributed by atoms with E-state index in [0.29, 0.717) is 18.9 Å². The molecule has 7 nitrogen and oxygen atoms in total. The second kappa shape index (κ2) is 7.10. The Morgan fingerprint density at radius 1 is 1.30 bits per heavy atom. The zero-order chi connectivity index (χ0) is 19.0. The van der Waals surface area contributed by atoms with Crippen molar-refractivity contribution in [1.29, 1.82) is 0 Å². The lowest BCUT2D eigenvalue weighted by molar-refractivity contribution is 0.220. The van der Waals surface area contributed by atoms with Crippen molar-refractivity contribution in [3.8, 4) is 10.8 Å². The van der Waals surface area contributed by atoms with E-state index in [0.717, 1.165) is 29.5 Å². The van der Waals surface area contributed by atoms with E-state index in [1.54, 1.807) is 5.51 Å². The van der Waals surface area contributed by atoms with E-state index < -0.39 is 21.9 Å². The first-order valence-corrected chi connectivity index (χ1v) is 10.8. The van der Waals surface area contributed by atoms with Gasteiger partial charge in [0.15, 0.2) is 0 Å². The van der Waals surface area contributed by atoms with Crippen LogP contribution < -0.4 is 0 Å². The third kappa shape index (κ3) is 3.40. The Hall–Kier alpha value is -2.17. The molecule has 1 aromatic carbocycles. The summed E-state index contributed by atoms with van der Waals surface area (Å²) in [5.74, 6) is -0.0125. The zero-order valence-electron chi connectivity index (χ0n) is 14.5. The Kier molecular flexibility index (Phi) is 4.79. The first kappa shape index (κ1) is 18.2. The Balaban J connectivity index is 1.69. The summed E-state index contributed by atoms with van der Waals surface area (Å²) in [6.07, 6.45) is 2.13. The van der Waals surface area contributed by atoms with E-state index in [4.69, 9.17) is 4.42 Å². The van der Waals surface area contributed by atoms with Gasteiger partial charge >= 0.3 is 0 Å². The summed E-state index contributed by atoms with van der Waals surface area (Å²) in [6.45, 7) is 2.16. The molecule has 1 saturated heterocycles. The van der Waals surface area contributed by atoms with E-state index in [-0.39, 0.29) is 10.8 Å². The number of nitrogens with zero attached hydrogens (tertiary/aromatic N) is 4. The maximum atomic E-state index is 13.6. The van der Waals surface area contributed by atoms with Crippen molar-refractivity contribution in [3.05, 3.63) is 47.2 Å². The summed E-state index contributed by atoms with van der Waals surface area (Å²) in [4.78, 5) is 4.86. The van der Waals surface area contributed by atoms with E-state index in [2.05, 4.69) is 15.2 Å². The number of sulfonamides is 1.